The number of carbonyl (C=O) groups excluding carboxylic acids is 1. The molecule has 2 aromatic rings. The van der Waals surface area contributed by atoms with E-state index < -0.39 is 5.97 Å². The first-order valence-electron chi connectivity index (χ1n) is 6.13. The van der Waals surface area contributed by atoms with Crippen LogP contribution >= 0.6 is 0 Å². The highest BCUT2D eigenvalue weighted by atomic mass is 16.5. The summed E-state index contributed by atoms with van der Waals surface area (Å²) in [5.41, 5.74) is 2.28. The minimum atomic E-state index is -1.01. The predicted octanol–water partition coefficient (Wildman–Crippen LogP) is 1.77. The molecule has 2 heterocycles. The van der Waals surface area contributed by atoms with E-state index in [1.165, 1.54) is 12.1 Å². The van der Waals surface area contributed by atoms with Gasteiger partial charge in [-0.3, -0.25) is 4.79 Å². The second-order valence-electron chi connectivity index (χ2n) is 4.73. The van der Waals surface area contributed by atoms with Crippen LogP contribution in [0.4, 0.5) is 5.69 Å². The molecule has 1 N–H and O–H groups in total. The molecule has 0 unspecified atom stereocenters. The molecule has 0 radical (unpaired) electrons. The summed E-state index contributed by atoms with van der Waals surface area (Å²) in [7, 11) is 0. The molecule has 0 saturated heterocycles. The first kappa shape index (κ1) is 12.4. The summed E-state index contributed by atoms with van der Waals surface area (Å²) < 4.78 is 4.98. The highest BCUT2D eigenvalue weighted by molar-refractivity contribution is 6.02. The molecule has 102 valence electrons. The van der Waals surface area contributed by atoms with Gasteiger partial charge in [0, 0.05) is 11.8 Å². The zero-order chi connectivity index (χ0) is 14.3. The van der Waals surface area contributed by atoms with Gasteiger partial charge in [-0.15, -0.1) is 0 Å². The first-order valence-corrected chi connectivity index (χ1v) is 6.13. The quantitative estimate of drug-likeness (QED) is 0.920. The number of aromatic carboxylic acids is 1. The van der Waals surface area contributed by atoms with E-state index >= 15 is 0 Å². The van der Waals surface area contributed by atoms with Gasteiger partial charge in [-0.2, -0.15) is 0 Å². The SMILES string of the molecule is Cc1cc(CN2C(=O)Cc3ccc(C(=O)O)cc32)no1. The maximum atomic E-state index is 12.0. The molecule has 6 heteroatoms. The van der Waals surface area contributed by atoms with Crippen LogP contribution in [-0.2, 0) is 17.8 Å². The number of hydrogen-bond acceptors (Lipinski definition) is 4. The minimum Gasteiger partial charge on any atom is -0.478 e. The van der Waals surface area contributed by atoms with Crippen LogP contribution in [0.15, 0.2) is 28.8 Å². The molecule has 0 atom stereocenters. The van der Waals surface area contributed by atoms with Gasteiger partial charge < -0.3 is 14.5 Å². The number of carboxylic acids is 1. The number of carboxylic acid groups (broad SMARTS) is 1. The van der Waals surface area contributed by atoms with E-state index in [0.29, 0.717) is 17.1 Å². The van der Waals surface area contributed by atoms with Gasteiger partial charge in [0.1, 0.15) is 11.5 Å². The highest BCUT2D eigenvalue weighted by Gasteiger charge is 2.28. The van der Waals surface area contributed by atoms with Crippen LogP contribution in [-0.4, -0.2) is 22.1 Å². The first-order chi connectivity index (χ1) is 9.54. The lowest BCUT2D eigenvalue weighted by Crippen LogP contribution is -2.26. The fourth-order valence-electron chi connectivity index (χ4n) is 2.32. The van der Waals surface area contributed by atoms with Crippen molar-refractivity contribution < 1.29 is 19.2 Å². The van der Waals surface area contributed by atoms with Crippen LogP contribution < -0.4 is 4.90 Å². The predicted molar refractivity (Wildman–Crippen MR) is 69.5 cm³/mol. The van der Waals surface area contributed by atoms with E-state index in [0.717, 1.165) is 5.56 Å². The van der Waals surface area contributed by atoms with Crippen molar-refractivity contribution >= 4 is 17.6 Å². The largest absolute Gasteiger partial charge is 0.478 e. The number of nitrogens with zero attached hydrogens (tertiary/aromatic N) is 2. The number of aryl methyl sites for hydroxylation is 1. The Morgan fingerprint density at radius 1 is 1.45 bits per heavy atom. The minimum absolute atomic E-state index is 0.0665. The summed E-state index contributed by atoms with van der Waals surface area (Å²) in [6.45, 7) is 2.06. The number of anilines is 1. The number of amides is 1. The molecule has 0 saturated carbocycles. The van der Waals surface area contributed by atoms with Gasteiger partial charge in [-0.1, -0.05) is 11.2 Å². The maximum absolute atomic E-state index is 12.0. The molecule has 6 nitrogen and oxygen atoms in total. The van der Waals surface area contributed by atoms with Crippen LogP contribution in [0, 0.1) is 6.92 Å². The third kappa shape index (κ3) is 2.05. The van der Waals surface area contributed by atoms with Crippen molar-refractivity contribution in [1.29, 1.82) is 0 Å². The van der Waals surface area contributed by atoms with Crippen molar-refractivity contribution in [2.45, 2.75) is 19.9 Å². The Morgan fingerprint density at radius 3 is 2.90 bits per heavy atom. The summed E-state index contributed by atoms with van der Waals surface area (Å²) in [6, 6.07) is 6.48. The Morgan fingerprint density at radius 2 is 2.25 bits per heavy atom. The molecule has 0 aliphatic carbocycles. The van der Waals surface area contributed by atoms with Crippen LogP contribution in [0.3, 0.4) is 0 Å². The molecule has 1 aromatic carbocycles. The second-order valence-corrected chi connectivity index (χ2v) is 4.73. The number of rotatable bonds is 3. The summed E-state index contributed by atoms with van der Waals surface area (Å²) in [6.07, 6.45) is 0.284. The van der Waals surface area contributed by atoms with Gasteiger partial charge in [0.2, 0.25) is 5.91 Å². The van der Waals surface area contributed by atoms with Crippen LogP contribution in [0.1, 0.15) is 27.4 Å². The van der Waals surface area contributed by atoms with Crippen molar-refractivity contribution in [1.82, 2.24) is 5.16 Å². The average molecular weight is 272 g/mol. The lowest BCUT2D eigenvalue weighted by molar-refractivity contribution is -0.117. The van der Waals surface area contributed by atoms with Gasteiger partial charge in [-0.05, 0) is 24.6 Å². The molecule has 1 aliphatic heterocycles. The number of hydrogen-bond donors (Lipinski definition) is 1. The van der Waals surface area contributed by atoms with Crippen molar-refractivity contribution in [2.24, 2.45) is 0 Å². The average Bonchev–Trinajstić information content (AvgIpc) is 2.94. The van der Waals surface area contributed by atoms with Gasteiger partial charge in [0.25, 0.3) is 0 Å². The molecule has 3 rings (SSSR count). The lowest BCUT2D eigenvalue weighted by Gasteiger charge is -2.16. The topological polar surface area (TPSA) is 83.6 Å². The zero-order valence-electron chi connectivity index (χ0n) is 10.8. The van der Waals surface area contributed by atoms with Crippen molar-refractivity contribution in [3.8, 4) is 0 Å². The molecular weight excluding hydrogens is 260 g/mol. The van der Waals surface area contributed by atoms with Crippen LogP contribution in [0.25, 0.3) is 0 Å². The smallest absolute Gasteiger partial charge is 0.335 e. The Balaban J connectivity index is 1.95. The summed E-state index contributed by atoms with van der Waals surface area (Å²) in [5.74, 6) is -0.404. The number of carbonyl (C=O) groups is 2. The number of aromatic nitrogens is 1. The van der Waals surface area contributed by atoms with Gasteiger partial charge in [0.15, 0.2) is 0 Å². The monoisotopic (exact) mass is 272 g/mol. The summed E-state index contributed by atoms with van der Waals surface area (Å²) in [5, 5.41) is 12.9. The lowest BCUT2D eigenvalue weighted by atomic mass is 10.1. The van der Waals surface area contributed by atoms with Crippen LogP contribution in [0.2, 0.25) is 0 Å². The maximum Gasteiger partial charge on any atom is 0.335 e. The standard InChI is InChI=1S/C14H12N2O4/c1-8-4-11(15-20-8)7-16-12-5-10(14(18)19)3-2-9(12)6-13(16)17/h2-5H,6-7H2,1H3,(H,18,19). The van der Waals surface area contributed by atoms with E-state index in [1.807, 2.05) is 0 Å². The Kier molecular flexibility index (Phi) is 2.78. The van der Waals surface area contributed by atoms with Crippen molar-refractivity contribution in [3.05, 3.63) is 46.8 Å². The molecule has 1 aliphatic rings. The Hall–Kier alpha value is -2.63. The van der Waals surface area contributed by atoms with E-state index in [9.17, 15) is 9.59 Å². The van der Waals surface area contributed by atoms with Gasteiger partial charge in [-0.25, -0.2) is 4.79 Å². The van der Waals surface area contributed by atoms with Gasteiger partial charge >= 0.3 is 5.97 Å². The van der Waals surface area contributed by atoms with E-state index in [2.05, 4.69) is 5.16 Å². The fourth-order valence-corrected chi connectivity index (χ4v) is 2.32. The third-order valence-corrected chi connectivity index (χ3v) is 3.26. The molecule has 1 aromatic heterocycles. The van der Waals surface area contributed by atoms with Crippen LogP contribution in [0.5, 0.6) is 0 Å². The molecule has 1 amide bonds. The molecule has 20 heavy (non-hydrogen) atoms. The number of benzene rings is 1. The van der Waals surface area contributed by atoms with E-state index in [4.69, 9.17) is 9.63 Å². The zero-order valence-corrected chi connectivity index (χ0v) is 10.8. The summed E-state index contributed by atoms with van der Waals surface area (Å²) >= 11 is 0. The third-order valence-electron chi connectivity index (χ3n) is 3.26. The molecule has 0 spiro atoms. The molecular formula is C14H12N2O4. The van der Waals surface area contributed by atoms with Crippen molar-refractivity contribution in [3.63, 3.8) is 0 Å². The van der Waals surface area contributed by atoms with E-state index in [1.54, 1.807) is 24.0 Å². The molecule has 0 bridgehead atoms. The Labute approximate surface area is 114 Å². The Bertz CT molecular complexity index is 705. The van der Waals surface area contributed by atoms with Gasteiger partial charge in [0.05, 0.1) is 18.5 Å². The van der Waals surface area contributed by atoms with Crippen molar-refractivity contribution in [2.75, 3.05) is 4.90 Å². The fraction of sp³-hybridized carbons (Fsp3) is 0.214. The van der Waals surface area contributed by atoms with E-state index in [-0.39, 0.29) is 24.4 Å². The number of fused-ring (bicyclic) bond motifs is 1. The normalized spacial score (nSPS) is 13.7. The second kappa shape index (κ2) is 4.48. The summed E-state index contributed by atoms with van der Waals surface area (Å²) in [4.78, 5) is 24.6. The molecule has 0 fully saturated rings. The highest BCUT2D eigenvalue weighted by Crippen LogP contribution is 2.31.